The van der Waals surface area contributed by atoms with E-state index in [9.17, 15) is 14.0 Å². The topological polar surface area (TPSA) is 61.4 Å². The molecule has 1 aliphatic heterocycles. The van der Waals surface area contributed by atoms with E-state index in [1.807, 2.05) is 12.1 Å². The van der Waals surface area contributed by atoms with Crippen LogP contribution in [0.3, 0.4) is 0 Å². The maximum atomic E-state index is 12.8. The summed E-state index contributed by atoms with van der Waals surface area (Å²) in [6.45, 7) is 2.20. The molecule has 3 amide bonds. The summed E-state index contributed by atoms with van der Waals surface area (Å²) in [5.41, 5.74) is 3.07. The van der Waals surface area contributed by atoms with Crippen molar-refractivity contribution in [3.05, 3.63) is 53.8 Å². The lowest BCUT2D eigenvalue weighted by Gasteiger charge is -2.15. The van der Waals surface area contributed by atoms with Crippen molar-refractivity contribution in [2.45, 2.75) is 13.3 Å². The maximum Gasteiger partial charge on any atom is 0.323 e. The molecule has 2 N–H and O–H groups in total. The van der Waals surface area contributed by atoms with Gasteiger partial charge < -0.3 is 15.5 Å². The first-order valence-corrected chi connectivity index (χ1v) is 7.27. The molecule has 2 aromatic carbocycles. The lowest BCUT2D eigenvalue weighted by Crippen LogP contribution is -2.25. The minimum atomic E-state index is -0.405. The number of fused-ring (bicyclic) bond motifs is 1. The molecule has 0 atom stereocenters. The van der Waals surface area contributed by atoms with E-state index in [2.05, 4.69) is 10.6 Å². The number of hydrogen-bond acceptors (Lipinski definition) is 2. The third-order valence-electron chi connectivity index (χ3n) is 3.72. The Balaban J connectivity index is 1.68. The smallest absolute Gasteiger partial charge is 0.312 e. The van der Waals surface area contributed by atoms with Crippen molar-refractivity contribution in [1.82, 2.24) is 0 Å². The lowest BCUT2D eigenvalue weighted by molar-refractivity contribution is -0.116. The molecule has 1 aliphatic rings. The monoisotopic (exact) mass is 313 g/mol. The van der Waals surface area contributed by atoms with Gasteiger partial charge in [0.05, 0.1) is 0 Å². The van der Waals surface area contributed by atoms with E-state index in [1.54, 1.807) is 11.0 Å². The van der Waals surface area contributed by atoms with Crippen LogP contribution in [0, 0.1) is 5.82 Å². The molecule has 0 radical (unpaired) electrons. The maximum absolute atomic E-state index is 12.8. The first-order chi connectivity index (χ1) is 11.0. The number of urea groups is 1. The molecule has 0 aliphatic carbocycles. The van der Waals surface area contributed by atoms with Gasteiger partial charge in [0.1, 0.15) is 5.82 Å². The van der Waals surface area contributed by atoms with Crippen molar-refractivity contribution in [3.8, 4) is 0 Å². The van der Waals surface area contributed by atoms with Gasteiger partial charge in [0.15, 0.2) is 0 Å². The van der Waals surface area contributed by atoms with E-state index in [0.717, 1.165) is 17.7 Å². The van der Waals surface area contributed by atoms with Crippen LogP contribution in [0.2, 0.25) is 0 Å². The summed E-state index contributed by atoms with van der Waals surface area (Å²) >= 11 is 0. The van der Waals surface area contributed by atoms with Crippen molar-refractivity contribution < 1.29 is 14.0 Å². The number of carbonyl (C=O) groups is 2. The third-order valence-corrected chi connectivity index (χ3v) is 3.72. The Hall–Kier alpha value is -2.89. The lowest BCUT2D eigenvalue weighted by atomic mass is 10.1. The highest BCUT2D eigenvalue weighted by Gasteiger charge is 2.22. The predicted octanol–water partition coefficient (Wildman–Crippen LogP) is 3.38. The van der Waals surface area contributed by atoms with Gasteiger partial charge in [-0.3, -0.25) is 4.79 Å². The van der Waals surface area contributed by atoms with Crippen molar-refractivity contribution in [1.29, 1.82) is 0 Å². The van der Waals surface area contributed by atoms with Gasteiger partial charge in [-0.25, -0.2) is 9.18 Å². The van der Waals surface area contributed by atoms with Gasteiger partial charge in [-0.15, -0.1) is 0 Å². The second kappa shape index (κ2) is 6.08. The van der Waals surface area contributed by atoms with Crippen LogP contribution in [-0.4, -0.2) is 18.5 Å². The number of halogens is 1. The molecule has 0 saturated heterocycles. The highest BCUT2D eigenvalue weighted by molar-refractivity contribution is 6.00. The fourth-order valence-corrected chi connectivity index (χ4v) is 2.63. The number of amides is 3. The largest absolute Gasteiger partial charge is 0.323 e. The molecule has 6 heteroatoms. The van der Waals surface area contributed by atoms with Crippen molar-refractivity contribution in [2.24, 2.45) is 0 Å². The van der Waals surface area contributed by atoms with Gasteiger partial charge in [-0.2, -0.15) is 0 Å². The molecule has 0 fully saturated rings. The van der Waals surface area contributed by atoms with Crippen LogP contribution in [0.5, 0.6) is 0 Å². The number of carbonyl (C=O) groups excluding carboxylic acids is 2. The minimum absolute atomic E-state index is 0.0125. The summed E-state index contributed by atoms with van der Waals surface area (Å²) in [5.74, 6) is -0.344. The van der Waals surface area contributed by atoms with Gasteiger partial charge in [-0.1, -0.05) is 0 Å². The van der Waals surface area contributed by atoms with Crippen molar-refractivity contribution in [2.75, 3.05) is 22.1 Å². The van der Waals surface area contributed by atoms with E-state index >= 15 is 0 Å². The number of nitrogens with zero attached hydrogens (tertiary/aromatic N) is 1. The van der Waals surface area contributed by atoms with Crippen LogP contribution in [0.25, 0.3) is 0 Å². The molecule has 1 heterocycles. The fraction of sp³-hybridized carbons (Fsp3) is 0.176. The van der Waals surface area contributed by atoms with Crippen LogP contribution in [0.1, 0.15) is 12.5 Å². The standard InChI is InChI=1S/C17H16FN3O2/c1-11(22)21-9-8-12-10-15(6-7-16(12)21)20-17(23)19-14-4-2-13(18)3-5-14/h2-7,10H,8-9H2,1H3,(H2,19,20,23). The molecule has 23 heavy (non-hydrogen) atoms. The summed E-state index contributed by atoms with van der Waals surface area (Å²) in [7, 11) is 0. The van der Waals surface area contributed by atoms with Crippen molar-refractivity contribution >= 4 is 29.0 Å². The first kappa shape index (κ1) is 15.0. The number of benzene rings is 2. The Kier molecular flexibility index (Phi) is 3.97. The Morgan fingerprint density at radius 3 is 2.39 bits per heavy atom. The number of nitrogens with one attached hydrogen (secondary N) is 2. The van der Waals surface area contributed by atoms with Gasteiger partial charge in [-0.05, 0) is 54.4 Å². The Labute approximate surface area is 133 Å². The zero-order chi connectivity index (χ0) is 16.4. The van der Waals surface area contributed by atoms with E-state index in [4.69, 9.17) is 0 Å². The highest BCUT2D eigenvalue weighted by Crippen LogP contribution is 2.30. The first-order valence-electron chi connectivity index (χ1n) is 7.27. The average molecular weight is 313 g/mol. The van der Waals surface area contributed by atoms with Crippen LogP contribution in [0.15, 0.2) is 42.5 Å². The molecule has 0 unspecified atom stereocenters. The van der Waals surface area contributed by atoms with Crippen LogP contribution >= 0.6 is 0 Å². The van der Waals surface area contributed by atoms with Crippen LogP contribution in [-0.2, 0) is 11.2 Å². The fourth-order valence-electron chi connectivity index (χ4n) is 2.63. The molecule has 0 saturated carbocycles. The minimum Gasteiger partial charge on any atom is -0.312 e. The highest BCUT2D eigenvalue weighted by atomic mass is 19.1. The zero-order valence-corrected chi connectivity index (χ0v) is 12.6. The second-order valence-corrected chi connectivity index (χ2v) is 5.35. The van der Waals surface area contributed by atoms with Crippen molar-refractivity contribution in [3.63, 3.8) is 0 Å². The molecular formula is C17H16FN3O2. The number of anilines is 3. The van der Waals surface area contributed by atoms with Gasteiger partial charge in [0, 0.05) is 30.5 Å². The van der Waals surface area contributed by atoms with Crippen LogP contribution in [0.4, 0.5) is 26.2 Å². The summed E-state index contributed by atoms with van der Waals surface area (Å²) in [4.78, 5) is 25.2. The molecule has 3 rings (SSSR count). The second-order valence-electron chi connectivity index (χ2n) is 5.35. The number of rotatable bonds is 2. The van der Waals surface area contributed by atoms with Gasteiger partial charge in [0.2, 0.25) is 5.91 Å². The predicted molar refractivity (Wildman–Crippen MR) is 87.2 cm³/mol. The molecule has 118 valence electrons. The van der Waals surface area contributed by atoms with Crippen LogP contribution < -0.4 is 15.5 Å². The molecule has 0 bridgehead atoms. The normalized spacial score (nSPS) is 12.7. The molecule has 2 aromatic rings. The van der Waals surface area contributed by atoms with Gasteiger partial charge >= 0.3 is 6.03 Å². The molecule has 0 spiro atoms. The SMILES string of the molecule is CC(=O)N1CCc2cc(NC(=O)Nc3ccc(F)cc3)ccc21. The average Bonchev–Trinajstić information content (AvgIpc) is 2.93. The van der Waals surface area contributed by atoms with E-state index < -0.39 is 6.03 Å². The summed E-state index contributed by atoms with van der Waals surface area (Å²) in [6.07, 6.45) is 0.768. The Bertz CT molecular complexity index is 759. The summed E-state index contributed by atoms with van der Waals surface area (Å²) in [5, 5.41) is 5.36. The summed E-state index contributed by atoms with van der Waals surface area (Å²) < 4.78 is 12.8. The zero-order valence-electron chi connectivity index (χ0n) is 12.6. The molecule has 5 nitrogen and oxygen atoms in total. The Morgan fingerprint density at radius 2 is 1.70 bits per heavy atom. The van der Waals surface area contributed by atoms with E-state index in [-0.39, 0.29) is 11.7 Å². The van der Waals surface area contributed by atoms with E-state index in [0.29, 0.717) is 17.9 Å². The third kappa shape index (κ3) is 3.31. The summed E-state index contributed by atoms with van der Waals surface area (Å²) in [6, 6.07) is 10.6. The molecule has 0 aromatic heterocycles. The van der Waals surface area contributed by atoms with Gasteiger partial charge in [0.25, 0.3) is 0 Å². The number of hydrogen-bond donors (Lipinski definition) is 2. The van der Waals surface area contributed by atoms with E-state index in [1.165, 1.54) is 31.2 Å². The Morgan fingerprint density at radius 1 is 1.04 bits per heavy atom. The molecular weight excluding hydrogens is 297 g/mol. The quantitative estimate of drug-likeness (QED) is 0.893.